The molecule has 2 rings (SSSR count). The monoisotopic (exact) mass is 257 g/mol. The van der Waals surface area contributed by atoms with Gasteiger partial charge in [0.05, 0.1) is 29.5 Å². The van der Waals surface area contributed by atoms with Gasteiger partial charge in [-0.3, -0.25) is 0 Å². The number of rotatable bonds is 2. The van der Waals surface area contributed by atoms with Crippen LogP contribution in [0.25, 0.3) is 0 Å². The molecule has 0 bridgehead atoms. The Labute approximate surface area is 105 Å². The molecule has 5 nitrogen and oxygen atoms in total. The highest BCUT2D eigenvalue weighted by Crippen LogP contribution is 2.26. The Hall–Kier alpha value is -1.04. The third-order valence-corrected chi connectivity index (χ3v) is 2.90. The maximum Gasteiger partial charge on any atom is 0.152 e. The van der Waals surface area contributed by atoms with Gasteiger partial charge in [0.25, 0.3) is 0 Å². The number of aromatic nitrogens is 1. The second-order valence-electron chi connectivity index (χ2n) is 4.22. The third kappa shape index (κ3) is 2.80. The number of hydrogen-bond acceptors (Lipinski definition) is 5. The van der Waals surface area contributed by atoms with E-state index in [4.69, 9.17) is 27.2 Å². The zero-order chi connectivity index (χ0) is 12.4. The van der Waals surface area contributed by atoms with Crippen LogP contribution in [0.15, 0.2) is 12.3 Å². The van der Waals surface area contributed by atoms with Crippen LogP contribution in [0, 0.1) is 0 Å². The van der Waals surface area contributed by atoms with Crippen molar-refractivity contribution in [2.24, 2.45) is 0 Å². The normalized spacial score (nSPS) is 25.0. The van der Waals surface area contributed by atoms with Crippen molar-refractivity contribution in [3.8, 4) is 0 Å². The van der Waals surface area contributed by atoms with Gasteiger partial charge in [0, 0.05) is 19.3 Å². The van der Waals surface area contributed by atoms with Crippen LogP contribution < -0.4 is 10.6 Å². The standard InChI is InChI=1S/C11H16ClN3O2/c1-7-4-15(5-9(6-16)17-7)11-10(13)2-8(12)3-14-11/h2-3,7,9,16H,4-6,13H2,1H3. The van der Waals surface area contributed by atoms with E-state index in [0.29, 0.717) is 29.6 Å². The van der Waals surface area contributed by atoms with Crippen LogP contribution >= 0.6 is 11.6 Å². The number of ether oxygens (including phenoxy) is 1. The highest BCUT2D eigenvalue weighted by molar-refractivity contribution is 6.30. The van der Waals surface area contributed by atoms with Crippen molar-refractivity contribution in [1.82, 2.24) is 4.98 Å². The van der Waals surface area contributed by atoms with Gasteiger partial charge >= 0.3 is 0 Å². The summed E-state index contributed by atoms with van der Waals surface area (Å²) in [5.41, 5.74) is 6.44. The minimum absolute atomic E-state index is 0.00562. The molecule has 3 N–H and O–H groups in total. The number of nitrogens with zero attached hydrogens (tertiary/aromatic N) is 2. The Bertz CT molecular complexity index is 402. The largest absolute Gasteiger partial charge is 0.396 e. The second-order valence-corrected chi connectivity index (χ2v) is 4.66. The molecular weight excluding hydrogens is 242 g/mol. The number of pyridine rings is 1. The van der Waals surface area contributed by atoms with E-state index in [1.807, 2.05) is 11.8 Å². The first-order chi connectivity index (χ1) is 8.10. The molecule has 1 saturated heterocycles. The van der Waals surface area contributed by atoms with Gasteiger partial charge in [-0.15, -0.1) is 0 Å². The Morgan fingerprint density at radius 2 is 2.41 bits per heavy atom. The summed E-state index contributed by atoms with van der Waals surface area (Å²) < 4.78 is 5.56. The fourth-order valence-corrected chi connectivity index (χ4v) is 2.20. The molecule has 2 heterocycles. The number of nitrogens with two attached hydrogens (primary N) is 1. The van der Waals surface area contributed by atoms with Crippen molar-refractivity contribution in [2.75, 3.05) is 30.3 Å². The van der Waals surface area contributed by atoms with Gasteiger partial charge in [-0.25, -0.2) is 4.98 Å². The zero-order valence-corrected chi connectivity index (χ0v) is 10.4. The Balaban J connectivity index is 2.20. The molecule has 1 aromatic rings. The summed E-state index contributed by atoms with van der Waals surface area (Å²) in [6.45, 7) is 3.24. The van der Waals surface area contributed by atoms with Crippen LogP contribution in [0.5, 0.6) is 0 Å². The minimum Gasteiger partial charge on any atom is -0.396 e. The molecule has 2 atom stereocenters. The SMILES string of the molecule is CC1CN(c2ncc(Cl)cc2N)CC(CO)O1. The van der Waals surface area contributed by atoms with Crippen molar-refractivity contribution in [3.05, 3.63) is 17.3 Å². The number of aliphatic hydroxyl groups excluding tert-OH is 1. The summed E-state index contributed by atoms with van der Waals surface area (Å²) in [4.78, 5) is 6.25. The minimum atomic E-state index is -0.198. The maximum atomic E-state index is 9.16. The molecule has 0 amide bonds. The van der Waals surface area contributed by atoms with Gasteiger partial charge in [0.15, 0.2) is 5.82 Å². The van der Waals surface area contributed by atoms with E-state index in [1.54, 1.807) is 12.3 Å². The Morgan fingerprint density at radius 1 is 1.65 bits per heavy atom. The van der Waals surface area contributed by atoms with E-state index in [-0.39, 0.29) is 18.8 Å². The maximum absolute atomic E-state index is 9.16. The van der Waals surface area contributed by atoms with Crippen molar-refractivity contribution < 1.29 is 9.84 Å². The van der Waals surface area contributed by atoms with Crippen molar-refractivity contribution >= 4 is 23.1 Å². The lowest BCUT2D eigenvalue weighted by atomic mass is 10.2. The molecule has 0 radical (unpaired) electrons. The van der Waals surface area contributed by atoms with Gasteiger partial charge in [-0.1, -0.05) is 11.6 Å². The van der Waals surface area contributed by atoms with E-state index in [1.165, 1.54) is 0 Å². The lowest BCUT2D eigenvalue weighted by Crippen LogP contribution is -2.48. The average Bonchev–Trinajstić information content (AvgIpc) is 2.28. The fourth-order valence-electron chi connectivity index (χ4n) is 2.03. The van der Waals surface area contributed by atoms with Gasteiger partial charge in [0.1, 0.15) is 0 Å². The van der Waals surface area contributed by atoms with Crippen LogP contribution in [0.4, 0.5) is 11.5 Å². The molecule has 1 fully saturated rings. The molecule has 2 unspecified atom stereocenters. The average molecular weight is 258 g/mol. The number of aliphatic hydroxyl groups is 1. The van der Waals surface area contributed by atoms with Crippen LogP contribution in [0.3, 0.4) is 0 Å². The molecule has 0 aliphatic carbocycles. The molecule has 0 spiro atoms. The van der Waals surface area contributed by atoms with Gasteiger partial charge in [-0.2, -0.15) is 0 Å². The quantitative estimate of drug-likeness (QED) is 0.824. The first kappa shape index (κ1) is 12.4. The summed E-state index contributed by atoms with van der Waals surface area (Å²) in [6, 6.07) is 1.68. The predicted molar refractivity (Wildman–Crippen MR) is 67.3 cm³/mol. The summed E-state index contributed by atoms with van der Waals surface area (Å²) in [5, 5.41) is 9.68. The lowest BCUT2D eigenvalue weighted by Gasteiger charge is -2.37. The summed E-state index contributed by atoms with van der Waals surface area (Å²) >= 11 is 5.81. The highest BCUT2D eigenvalue weighted by atomic mass is 35.5. The second kappa shape index (κ2) is 5.08. The predicted octanol–water partition coefficient (Wildman–Crippen LogP) is 0.903. The number of halogens is 1. The summed E-state index contributed by atoms with van der Waals surface area (Å²) in [6.07, 6.45) is 1.41. The summed E-state index contributed by atoms with van der Waals surface area (Å²) in [5.74, 6) is 0.697. The van der Waals surface area contributed by atoms with Crippen molar-refractivity contribution in [2.45, 2.75) is 19.1 Å². The van der Waals surface area contributed by atoms with Crippen molar-refractivity contribution in [3.63, 3.8) is 0 Å². The molecule has 1 aromatic heterocycles. The zero-order valence-electron chi connectivity index (χ0n) is 9.64. The van der Waals surface area contributed by atoms with E-state index >= 15 is 0 Å². The lowest BCUT2D eigenvalue weighted by molar-refractivity contribution is -0.0422. The molecule has 0 aromatic carbocycles. The molecule has 17 heavy (non-hydrogen) atoms. The molecule has 1 aliphatic heterocycles. The fraction of sp³-hybridized carbons (Fsp3) is 0.545. The summed E-state index contributed by atoms with van der Waals surface area (Å²) in [7, 11) is 0. The Morgan fingerprint density at radius 3 is 3.06 bits per heavy atom. The Kier molecular flexibility index (Phi) is 3.71. The van der Waals surface area contributed by atoms with Gasteiger partial charge in [-0.05, 0) is 13.0 Å². The van der Waals surface area contributed by atoms with Crippen LogP contribution in [0.2, 0.25) is 5.02 Å². The molecule has 1 aliphatic rings. The van der Waals surface area contributed by atoms with Crippen LogP contribution in [-0.2, 0) is 4.74 Å². The molecule has 6 heteroatoms. The number of anilines is 2. The number of morpholine rings is 1. The number of nitrogen functional groups attached to an aromatic ring is 1. The molecule has 94 valence electrons. The first-order valence-corrected chi connectivity index (χ1v) is 5.90. The first-order valence-electron chi connectivity index (χ1n) is 5.52. The van der Waals surface area contributed by atoms with Gasteiger partial charge < -0.3 is 20.5 Å². The van der Waals surface area contributed by atoms with E-state index < -0.39 is 0 Å². The third-order valence-electron chi connectivity index (χ3n) is 2.69. The van der Waals surface area contributed by atoms with E-state index in [2.05, 4.69) is 4.98 Å². The van der Waals surface area contributed by atoms with E-state index in [0.717, 1.165) is 0 Å². The van der Waals surface area contributed by atoms with E-state index in [9.17, 15) is 0 Å². The van der Waals surface area contributed by atoms with Crippen molar-refractivity contribution in [1.29, 1.82) is 0 Å². The smallest absolute Gasteiger partial charge is 0.152 e. The highest BCUT2D eigenvalue weighted by Gasteiger charge is 2.26. The van der Waals surface area contributed by atoms with Gasteiger partial charge in [0.2, 0.25) is 0 Å². The number of hydrogen-bond donors (Lipinski definition) is 2. The molecular formula is C11H16ClN3O2. The van der Waals surface area contributed by atoms with Crippen LogP contribution in [0.1, 0.15) is 6.92 Å². The topological polar surface area (TPSA) is 71.6 Å². The molecule has 0 saturated carbocycles. The van der Waals surface area contributed by atoms with Crippen LogP contribution in [-0.4, -0.2) is 42.0 Å².